The van der Waals surface area contributed by atoms with Gasteiger partial charge in [-0.05, 0) is 51.8 Å². The lowest BCUT2D eigenvalue weighted by atomic mass is 9.82. The lowest BCUT2D eigenvalue weighted by Crippen LogP contribution is -2.36. The van der Waals surface area contributed by atoms with Crippen LogP contribution in [0.15, 0.2) is 42.5 Å². The van der Waals surface area contributed by atoms with Gasteiger partial charge in [-0.2, -0.15) is 0 Å². The maximum atomic E-state index is 6.73. The van der Waals surface area contributed by atoms with E-state index in [0.717, 1.165) is 16.9 Å². The van der Waals surface area contributed by atoms with Crippen LogP contribution >= 0.6 is 0 Å². The molecule has 0 aromatic heterocycles. The van der Waals surface area contributed by atoms with Gasteiger partial charge in [-0.25, -0.2) is 0 Å². The molecule has 2 heteroatoms. The number of aryl methyl sites for hydroxylation is 2. The Morgan fingerprint density at radius 1 is 1.00 bits per heavy atom. The Balaban J connectivity index is 2.56. The number of ether oxygens (including phenoxy) is 1. The molecule has 0 fully saturated rings. The lowest BCUT2D eigenvalue weighted by molar-refractivity contribution is 0.237. The Morgan fingerprint density at radius 3 is 2.33 bits per heavy atom. The summed E-state index contributed by atoms with van der Waals surface area (Å²) in [5.74, 6) is 0.860. The fourth-order valence-electron chi connectivity index (χ4n) is 2.69. The van der Waals surface area contributed by atoms with Gasteiger partial charge in [-0.1, -0.05) is 42.0 Å². The van der Waals surface area contributed by atoms with E-state index in [4.69, 9.17) is 10.5 Å². The molecule has 1 atom stereocenters. The van der Waals surface area contributed by atoms with Crippen molar-refractivity contribution in [1.29, 1.82) is 0 Å². The number of nitrogens with two attached hydrogens (primary N) is 1. The van der Waals surface area contributed by atoms with Crippen molar-refractivity contribution >= 4 is 0 Å². The molecule has 21 heavy (non-hydrogen) atoms. The number of hydrogen-bond acceptors (Lipinski definition) is 2. The van der Waals surface area contributed by atoms with Crippen LogP contribution in [0.4, 0.5) is 0 Å². The first kappa shape index (κ1) is 15.6. The Hall–Kier alpha value is -1.80. The topological polar surface area (TPSA) is 35.2 Å². The molecule has 2 N–H and O–H groups in total. The van der Waals surface area contributed by atoms with Gasteiger partial charge in [0.1, 0.15) is 5.75 Å². The zero-order chi connectivity index (χ0) is 15.6. The molecule has 0 aliphatic carbocycles. The third-order valence-electron chi connectivity index (χ3n) is 3.76. The molecule has 0 amide bonds. The van der Waals surface area contributed by atoms with Crippen LogP contribution in [-0.4, -0.2) is 6.10 Å². The summed E-state index contributed by atoms with van der Waals surface area (Å²) >= 11 is 0. The fraction of sp³-hybridized carbons (Fsp3) is 0.368. The minimum Gasteiger partial charge on any atom is -0.491 e. The van der Waals surface area contributed by atoms with Crippen LogP contribution in [0.2, 0.25) is 0 Å². The smallest absolute Gasteiger partial charge is 0.125 e. The van der Waals surface area contributed by atoms with Gasteiger partial charge < -0.3 is 10.5 Å². The molecule has 112 valence electrons. The van der Waals surface area contributed by atoms with Crippen molar-refractivity contribution in [2.75, 3.05) is 0 Å². The van der Waals surface area contributed by atoms with E-state index >= 15 is 0 Å². The standard InChI is InChI=1S/C19H25NO/c1-13(2)21-18-9-7-6-8-16(18)19(5,20)17-12-14(3)10-11-15(17)4/h6-13H,20H2,1-5H3. The number of benzene rings is 2. The van der Waals surface area contributed by atoms with Crippen LogP contribution in [0.25, 0.3) is 0 Å². The van der Waals surface area contributed by atoms with Gasteiger partial charge in [0.25, 0.3) is 0 Å². The van der Waals surface area contributed by atoms with Gasteiger partial charge in [0.15, 0.2) is 0 Å². The van der Waals surface area contributed by atoms with E-state index in [-0.39, 0.29) is 6.10 Å². The number of para-hydroxylation sites is 1. The molecule has 0 aliphatic rings. The number of rotatable bonds is 4. The van der Waals surface area contributed by atoms with Crippen molar-refractivity contribution in [2.45, 2.75) is 46.3 Å². The quantitative estimate of drug-likeness (QED) is 0.907. The molecule has 2 aromatic carbocycles. The lowest BCUT2D eigenvalue weighted by Gasteiger charge is -2.30. The summed E-state index contributed by atoms with van der Waals surface area (Å²) < 4.78 is 5.94. The van der Waals surface area contributed by atoms with Gasteiger partial charge in [0.2, 0.25) is 0 Å². The predicted molar refractivity (Wildman–Crippen MR) is 88.8 cm³/mol. The van der Waals surface area contributed by atoms with E-state index in [9.17, 15) is 0 Å². The second-order valence-electron chi connectivity index (χ2n) is 6.18. The van der Waals surface area contributed by atoms with E-state index in [0.29, 0.717) is 0 Å². The van der Waals surface area contributed by atoms with Gasteiger partial charge in [0, 0.05) is 5.56 Å². The minimum absolute atomic E-state index is 0.126. The highest BCUT2D eigenvalue weighted by Crippen LogP contribution is 2.35. The van der Waals surface area contributed by atoms with Gasteiger partial charge in [0.05, 0.1) is 11.6 Å². The molecule has 0 saturated heterocycles. The summed E-state index contributed by atoms with van der Waals surface area (Å²) in [6.07, 6.45) is 0.126. The summed E-state index contributed by atoms with van der Waals surface area (Å²) in [5, 5.41) is 0. The molecule has 2 nitrogen and oxygen atoms in total. The van der Waals surface area contributed by atoms with Crippen molar-refractivity contribution in [1.82, 2.24) is 0 Å². The molecule has 0 heterocycles. The van der Waals surface area contributed by atoms with E-state index in [1.807, 2.05) is 32.0 Å². The maximum Gasteiger partial charge on any atom is 0.125 e. The van der Waals surface area contributed by atoms with E-state index in [2.05, 4.69) is 45.0 Å². The summed E-state index contributed by atoms with van der Waals surface area (Å²) in [7, 11) is 0. The molecule has 0 radical (unpaired) electrons. The first-order valence-electron chi connectivity index (χ1n) is 7.45. The minimum atomic E-state index is -0.582. The molecular formula is C19H25NO. The Bertz CT molecular complexity index is 629. The molecule has 0 spiro atoms. The summed E-state index contributed by atoms with van der Waals surface area (Å²) in [6, 6.07) is 14.5. The molecule has 2 rings (SSSR count). The van der Waals surface area contributed by atoms with Crippen LogP contribution in [0.3, 0.4) is 0 Å². The predicted octanol–water partition coefficient (Wildman–Crippen LogP) is 4.31. The van der Waals surface area contributed by atoms with Crippen LogP contribution in [-0.2, 0) is 5.54 Å². The Morgan fingerprint density at radius 2 is 1.67 bits per heavy atom. The SMILES string of the molecule is Cc1ccc(C)c(C(C)(N)c2ccccc2OC(C)C)c1. The zero-order valence-corrected chi connectivity index (χ0v) is 13.6. The average Bonchev–Trinajstić information content (AvgIpc) is 2.41. The second-order valence-corrected chi connectivity index (χ2v) is 6.18. The second kappa shape index (κ2) is 5.90. The van der Waals surface area contributed by atoms with Gasteiger partial charge in [-0.15, -0.1) is 0 Å². The highest BCUT2D eigenvalue weighted by atomic mass is 16.5. The highest BCUT2D eigenvalue weighted by molar-refractivity contribution is 5.48. The van der Waals surface area contributed by atoms with Crippen LogP contribution < -0.4 is 10.5 Å². The monoisotopic (exact) mass is 283 g/mol. The molecule has 2 aromatic rings. The third kappa shape index (κ3) is 3.27. The number of hydrogen-bond donors (Lipinski definition) is 1. The zero-order valence-electron chi connectivity index (χ0n) is 13.6. The largest absolute Gasteiger partial charge is 0.491 e. The summed E-state index contributed by atoms with van der Waals surface area (Å²) in [5.41, 5.74) is 10.7. The highest BCUT2D eigenvalue weighted by Gasteiger charge is 2.29. The van der Waals surface area contributed by atoms with Crippen molar-refractivity contribution in [3.05, 3.63) is 64.7 Å². The molecular weight excluding hydrogens is 258 g/mol. The van der Waals surface area contributed by atoms with E-state index < -0.39 is 5.54 Å². The molecule has 1 unspecified atom stereocenters. The van der Waals surface area contributed by atoms with Crippen molar-refractivity contribution in [3.8, 4) is 5.75 Å². The van der Waals surface area contributed by atoms with Crippen LogP contribution in [0.5, 0.6) is 5.75 Å². The average molecular weight is 283 g/mol. The molecule has 0 bridgehead atoms. The van der Waals surface area contributed by atoms with Crippen LogP contribution in [0.1, 0.15) is 43.0 Å². The Labute approximate surface area is 127 Å². The molecule has 0 saturated carbocycles. The fourth-order valence-corrected chi connectivity index (χ4v) is 2.69. The summed E-state index contributed by atoms with van der Waals surface area (Å²) in [4.78, 5) is 0. The normalized spacial score (nSPS) is 14.0. The van der Waals surface area contributed by atoms with Crippen LogP contribution in [0, 0.1) is 13.8 Å². The van der Waals surface area contributed by atoms with Gasteiger partial charge >= 0.3 is 0 Å². The molecule has 0 aliphatic heterocycles. The summed E-state index contributed by atoms with van der Waals surface area (Å²) in [6.45, 7) is 10.3. The first-order chi connectivity index (χ1) is 9.82. The van der Waals surface area contributed by atoms with Crippen molar-refractivity contribution in [3.63, 3.8) is 0 Å². The van der Waals surface area contributed by atoms with Crippen molar-refractivity contribution < 1.29 is 4.74 Å². The Kier molecular flexibility index (Phi) is 4.38. The maximum absolute atomic E-state index is 6.73. The van der Waals surface area contributed by atoms with E-state index in [1.165, 1.54) is 11.1 Å². The van der Waals surface area contributed by atoms with Crippen molar-refractivity contribution in [2.24, 2.45) is 5.73 Å². The third-order valence-corrected chi connectivity index (χ3v) is 3.76. The van der Waals surface area contributed by atoms with Gasteiger partial charge in [-0.3, -0.25) is 0 Å². The van der Waals surface area contributed by atoms with E-state index in [1.54, 1.807) is 0 Å². The first-order valence-corrected chi connectivity index (χ1v) is 7.45.